The number of ether oxygens (including phenoxy) is 1. The van der Waals surface area contributed by atoms with E-state index < -0.39 is 0 Å². The molecule has 0 aliphatic heterocycles. The van der Waals surface area contributed by atoms with Crippen LogP contribution in [0.2, 0.25) is 0 Å². The molecule has 0 aromatic heterocycles. The van der Waals surface area contributed by atoms with Crippen molar-refractivity contribution in [2.45, 2.75) is 13.5 Å². The molecule has 1 amide bonds. The highest BCUT2D eigenvalue weighted by Crippen LogP contribution is 2.11. The Morgan fingerprint density at radius 3 is 2.94 bits per heavy atom. The van der Waals surface area contributed by atoms with E-state index in [0.717, 1.165) is 11.3 Å². The summed E-state index contributed by atoms with van der Waals surface area (Å²) in [6.07, 6.45) is 6.86. The van der Waals surface area contributed by atoms with Gasteiger partial charge >= 0.3 is 0 Å². The van der Waals surface area contributed by atoms with Gasteiger partial charge in [0.25, 0.3) is 0 Å². The highest BCUT2D eigenvalue weighted by atomic mass is 16.5. The Morgan fingerprint density at radius 2 is 2.24 bits per heavy atom. The highest BCUT2D eigenvalue weighted by molar-refractivity contribution is 5.99. The lowest BCUT2D eigenvalue weighted by molar-refractivity contribution is -0.111. The van der Waals surface area contributed by atoms with Crippen molar-refractivity contribution in [3.63, 3.8) is 0 Å². The molecule has 0 heterocycles. The van der Waals surface area contributed by atoms with Gasteiger partial charge in [0.15, 0.2) is 0 Å². The molecule has 1 aromatic carbocycles. The first-order valence-corrected chi connectivity index (χ1v) is 5.44. The molecule has 0 aliphatic carbocycles. The summed E-state index contributed by atoms with van der Waals surface area (Å²) in [6, 6.07) is 7.58. The summed E-state index contributed by atoms with van der Waals surface area (Å²) in [5, 5.41) is 2.78. The van der Waals surface area contributed by atoms with Crippen molar-refractivity contribution < 1.29 is 9.53 Å². The molecule has 1 N–H and O–H groups in total. The van der Waals surface area contributed by atoms with E-state index in [1.54, 1.807) is 19.3 Å². The van der Waals surface area contributed by atoms with Crippen LogP contribution in [0.3, 0.4) is 0 Å². The fraction of sp³-hybridized carbons (Fsp3) is 0.214. The van der Waals surface area contributed by atoms with Crippen LogP contribution in [0.1, 0.15) is 12.5 Å². The van der Waals surface area contributed by atoms with Crippen LogP contribution in [-0.4, -0.2) is 13.0 Å². The Hall–Kier alpha value is -1.87. The lowest BCUT2D eigenvalue weighted by Crippen LogP contribution is -2.07. The normalized spacial score (nSPS) is 11.2. The van der Waals surface area contributed by atoms with E-state index in [0.29, 0.717) is 6.61 Å². The number of carbonyl (C=O) groups is 1. The molecule has 0 saturated carbocycles. The molecule has 17 heavy (non-hydrogen) atoms. The zero-order valence-corrected chi connectivity index (χ0v) is 10.1. The number of hydrogen-bond acceptors (Lipinski definition) is 2. The second-order valence-electron chi connectivity index (χ2n) is 3.51. The predicted molar refractivity (Wildman–Crippen MR) is 69.7 cm³/mol. The van der Waals surface area contributed by atoms with Gasteiger partial charge in [-0.1, -0.05) is 30.4 Å². The third kappa shape index (κ3) is 5.13. The number of carbonyl (C=O) groups excluding carboxylic acids is 1. The van der Waals surface area contributed by atoms with Crippen LogP contribution in [0.4, 0.5) is 5.69 Å². The Morgan fingerprint density at radius 1 is 1.41 bits per heavy atom. The van der Waals surface area contributed by atoms with Gasteiger partial charge in [0.2, 0.25) is 5.91 Å². The molecule has 0 unspecified atom stereocenters. The third-order valence-electron chi connectivity index (χ3n) is 2.06. The Bertz CT molecular complexity index is 422. The van der Waals surface area contributed by atoms with Crippen LogP contribution in [0.25, 0.3) is 0 Å². The van der Waals surface area contributed by atoms with E-state index in [9.17, 15) is 4.79 Å². The first-order chi connectivity index (χ1) is 8.26. The Balaban J connectivity index is 2.61. The lowest BCUT2D eigenvalue weighted by atomic mass is 10.2. The molecule has 0 fully saturated rings. The molecule has 0 spiro atoms. The van der Waals surface area contributed by atoms with E-state index in [4.69, 9.17) is 4.74 Å². The Kier molecular flexibility index (Phi) is 5.75. The van der Waals surface area contributed by atoms with Gasteiger partial charge in [-0.15, -0.1) is 0 Å². The Labute approximate surface area is 102 Å². The average molecular weight is 231 g/mol. The molecule has 0 saturated heterocycles. The van der Waals surface area contributed by atoms with E-state index in [1.807, 2.05) is 37.3 Å². The molecular weight excluding hydrogens is 214 g/mol. The zero-order chi connectivity index (χ0) is 12.5. The maximum Gasteiger partial charge on any atom is 0.248 e. The maximum absolute atomic E-state index is 11.5. The van der Waals surface area contributed by atoms with Crippen molar-refractivity contribution in [3.8, 4) is 0 Å². The van der Waals surface area contributed by atoms with Gasteiger partial charge in [-0.3, -0.25) is 4.79 Å². The molecule has 0 radical (unpaired) electrons. The van der Waals surface area contributed by atoms with Gasteiger partial charge in [-0.05, 0) is 24.6 Å². The van der Waals surface area contributed by atoms with Gasteiger partial charge in [-0.25, -0.2) is 0 Å². The van der Waals surface area contributed by atoms with Gasteiger partial charge in [-0.2, -0.15) is 0 Å². The summed E-state index contributed by atoms with van der Waals surface area (Å²) < 4.78 is 5.03. The molecule has 1 rings (SSSR count). The fourth-order valence-corrected chi connectivity index (χ4v) is 1.34. The second kappa shape index (κ2) is 7.41. The van der Waals surface area contributed by atoms with Crippen LogP contribution >= 0.6 is 0 Å². The summed E-state index contributed by atoms with van der Waals surface area (Å²) in [5.74, 6) is -0.141. The summed E-state index contributed by atoms with van der Waals surface area (Å²) in [4.78, 5) is 11.5. The summed E-state index contributed by atoms with van der Waals surface area (Å²) >= 11 is 0. The minimum Gasteiger partial charge on any atom is -0.380 e. The second-order valence-corrected chi connectivity index (χ2v) is 3.51. The van der Waals surface area contributed by atoms with Crippen molar-refractivity contribution in [2.75, 3.05) is 12.4 Å². The van der Waals surface area contributed by atoms with Crippen LogP contribution in [0.15, 0.2) is 48.6 Å². The van der Waals surface area contributed by atoms with Crippen LogP contribution in [0, 0.1) is 0 Å². The number of rotatable bonds is 5. The third-order valence-corrected chi connectivity index (χ3v) is 2.06. The van der Waals surface area contributed by atoms with Gasteiger partial charge in [0, 0.05) is 18.9 Å². The molecule has 3 nitrogen and oxygen atoms in total. The molecule has 0 aliphatic rings. The monoisotopic (exact) mass is 231 g/mol. The molecule has 90 valence electrons. The highest BCUT2D eigenvalue weighted by Gasteiger charge is 1.98. The summed E-state index contributed by atoms with van der Waals surface area (Å²) in [5.41, 5.74) is 1.80. The maximum atomic E-state index is 11.5. The number of amides is 1. The van der Waals surface area contributed by atoms with E-state index >= 15 is 0 Å². The lowest BCUT2D eigenvalue weighted by Gasteiger charge is -2.04. The summed E-state index contributed by atoms with van der Waals surface area (Å²) in [7, 11) is 1.64. The fourth-order valence-electron chi connectivity index (χ4n) is 1.34. The van der Waals surface area contributed by atoms with Crippen LogP contribution in [-0.2, 0) is 16.1 Å². The number of hydrogen-bond donors (Lipinski definition) is 1. The number of anilines is 1. The molecule has 0 atom stereocenters. The molecule has 1 aromatic rings. The number of benzene rings is 1. The van der Waals surface area contributed by atoms with Gasteiger partial charge in [0.1, 0.15) is 0 Å². The van der Waals surface area contributed by atoms with Gasteiger partial charge < -0.3 is 10.1 Å². The van der Waals surface area contributed by atoms with E-state index in [2.05, 4.69) is 5.32 Å². The van der Waals surface area contributed by atoms with Crippen molar-refractivity contribution in [1.82, 2.24) is 0 Å². The standard InChI is InChI=1S/C14H17NO2/c1-3-4-5-9-14(16)15-13-8-6-7-12(10-13)11-17-2/h3-10H,11H2,1-2H3,(H,15,16)/b4-3+,9-5+. The van der Waals surface area contributed by atoms with Gasteiger partial charge in [0.05, 0.1) is 6.61 Å². The molecule has 3 heteroatoms. The first kappa shape index (κ1) is 13.2. The van der Waals surface area contributed by atoms with E-state index in [-0.39, 0.29) is 5.91 Å². The van der Waals surface area contributed by atoms with Crippen molar-refractivity contribution in [1.29, 1.82) is 0 Å². The topological polar surface area (TPSA) is 38.3 Å². The largest absolute Gasteiger partial charge is 0.380 e. The van der Waals surface area contributed by atoms with Crippen LogP contribution < -0.4 is 5.32 Å². The van der Waals surface area contributed by atoms with Crippen LogP contribution in [0.5, 0.6) is 0 Å². The van der Waals surface area contributed by atoms with Crippen molar-refractivity contribution in [3.05, 3.63) is 54.1 Å². The SMILES string of the molecule is C/C=C/C=C/C(=O)Nc1cccc(COC)c1. The number of methoxy groups -OCH3 is 1. The average Bonchev–Trinajstić information content (AvgIpc) is 2.30. The predicted octanol–water partition coefficient (Wildman–Crippen LogP) is 2.90. The quantitative estimate of drug-likeness (QED) is 0.625. The summed E-state index contributed by atoms with van der Waals surface area (Å²) in [6.45, 7) is 2.44. The minimum atomic E-state index is -0.141. The van der Waals surface area contributed by atoms with Crippen molar-refractivity contribution >= 4 is 11.6 Å². The smallest absolute Gasteiger partial charge is 0.248 e. The number of nitrogens with one attached hydrogen (secondary N) is 1. The number of allylic oxidation sites excluding steroid dienone is 3. The first-order valence-electron chi connectivity index (χ1n) is 5.44. The molecule has 0 bridgehead atoms. The molecular formula is C14H17NO2. The minimum absolute atomic E-state index is 0.141. The zero-order valence-electron chi connectivity index (χ0n) is 10.1. The van der Waals surface area contributed by atoms with Crippen molar-refractivity contribution in [2.24, 2.45) is 0 Å². The van der Waals surface area contributed by atoms with E-state index in [1.165, 1.54) is 6.08 Å².